The summed E-state index contributed by atoms with van der Waals surface area (Å²) in [5.74, 6) is -6.18. The number of alkyl halides is 5. The van der Waals surface area contributed by atoms with Crippen molar-refractivity contribution in [2.24, 2.45) is 0 Å². The molecule has 0 aromatic heterocycles. The Balaban J connectivity index is 2.28. The van der Waals surface area contributed by atoms with E-state index in [1.54, 1.807) is 5.32 Å². The lowest BCUT2D eigenvalue weighted by Crippen LogP contribution is -2.49. The van der Waals surface area contributed by atoms with Crippen LogP contribution in [0.2, 0.25) is 0 Å². The lowest BCUT2D eigenvalue weighted by Gasteiger charge is -2.31. The third-order valence-electron chi connectivity index (χ3n) is 2.60. The lowest BCUT2D eigenvalue weighted by molar-refractivity contribution is -0.275. The van der Waals surface area contributed by atoms with Crippen molar-refractivity contribution in [1.29, 1.82) is 0 Å². The molecule has 1 N–H and O–H groups in total. The Bertz CT molecular complexity index is 559. The van der Waals surface area contributed by atoms with Gasteiger partial charge in [0.1, 0.15) is 6.04 Å². The van der Waals surface area contributed by atoms with Crippen LogP contribution in [-0.2, 0) is 4.74 Å². The van der Waals surface area contributed by atoms with Crippen molar-refractivity contribution in [2.45, 2.75) is 18.3 Å². The van der Waals surface area contributed by atoms with Crippen molar-refractivity contribution in [3.05, 3.63) is 29.6 Å². The van der Waals surface area contributed by atoms with Crippen LogP contribution in [0.15, 0.2) is 18.2 Å². The summed E-state index contributed by atoms with van der Waals surface area (Å²) in [4.78, 5) is 10.9. The first-order valence-corrected chi connectivity index (χ1v) is 5.45. The molecule has 1 saturated heterocycles. The number of ether oxygens (including phenoxy) is 2. The van der Waals surface area contributed by atoms with Gasteiger partial charge >= 0.3 is 18.4 Å². The number of hydrogen-bond acceptors (Lipinski definition) is 3. The summed E-state index contributed by atoms with van der Waals surface area (Å²) in [7, 11) is 0. The number of rotatable bonds is 2. The number of benzene rings is 1. The normalized spacial score (nSPS) is 21.4. The maximum absolute atomic E-state index is 13.6. The lowest BCUT2D eigenvalue weighted by atomic mass is 10.00. The molecular weight excluding hydrogens is 308 g/mol. The quantitative estimate of drug-likeness (QED) is 0.853. The molecule has 1 aliphatic rings. The van der Waals surface area contributed by atoms with Crippen LogP contribution in [0.3, 0.4) is 0 Å². The monoisotopic (exact) mass is 315 g/mol. The molecule has 0 radical (unpaired) electrons. The van der Waals surface area contributed by atoms with Crippen LogP contribution in [0.4, 0.5) is 31.1 Å². The second-order valence-corrected chi connectivity index (χ2v) is 4.15. The molecule has 1 aromatic carbocycles. The number of carbonyl (C=O) groups excluding carboxylic acids is 1. The van der Waals surface area contributed by atoms with Gasteiger partial charge in [0.05, 0.1) is 0 Å². The summed E-state index contributed by atoms with van der Waals surface area (Å²) in [6.07, 6.45) is -6.25. The van der Waals surface area contributed by atoms with Crippen molar-refractivity contribution in [2.75, 3.05) is 6.61 Å². The molecule has 1 aromatic rings. The highest BCUT2D eigenvalue weighted by atomic mass is 19.4. The van der Waals surface area contributed by atoms with Crippen LogP contribution in [0, 0.1) is 5.82 Å². The first kappa shape index (κ1) is 15.3. The van der Waals surface area contributed by atoms with Gasteiger partial charge in [0.15, 0.2) is 18.2 Å². The number of nitrogens with one attached hydrogen (secondary N) is 1. The largest absolute Gasteiger partial charge is 0.573 e. The Kier molecular flexibility index (Phi) is 3.64. The second-order valence-electron chi connectivity index (χ2n) is 4.15. The third-order valence-corrected chi connectivity index (χ3v) is 2.60. The third kappa shape index (κ3) is 3.50. The van der Waals surface area contributed by atoms with Gasteiger partial charge in [-0.3, -0.25) is 0 Å². The molecule has 1 heterocycles. The van der Waals surface area contributed by atoms with Crippen LogP contribution in [-0.4, -0.2) is 25.0 Å². The molecule has 0 saturated carbocycles. The number of cyclic esters (lactones) is 1. The number of carbonyl (C=O) groups is 1. The zero-order valence-corrected chi connectivity index (χ0v) is 10.0. The first-order chi connectivity index (χ1) is 9.58. The maximum atomic E-state index is 13.6. The highest BCUT2D eigenvalue weighted by Crippen LogP contribution is 2.36. The van der Waals surface area contributed by atoms with Gasteiger partial charge < -0.3 is 14.8 Å². The molecule has 21 heavy (non-hydrogen) atoms. The Morgan fingerprint density at radius 2 is 2.00 bits per heavy atom. The molecule has 4 nitrogen and oxygen atoms in total. The minimum absolute atomic E-state index is 0.413. The second kappa shape index (κ2) is 5.01. The van der Waals surface area contributed by atoms with E-state index in [2.05, 4.69) is 9.47 Å². The van der Waals surface area contributed by atoms with E-state index in [4.69, 9.17) is 0 Å². The van der Waals surface area contributed by atoms with E-state index < -0.39 is 48.2 Å². The number of halogens is 6. The summed E-state index contributed by atoms with van der Waals surface area (Å²) in [6.45, 7) is -1.22. The van der Waals surface area contributed by atoms with Gasteiger partial charge in [0, 0.05) is 0 Å². The van der Waals surface area contributed by atoms with E-state index in [0.29, 0.717) is 12.1 Å². The fourth-order valence-corrected chi connectivity index (χ4v) is 1.74. The van der Waals surface area contributed by atoms with Gasteiger partial charge in [-0.2, -0.15) is 0 Å². The van der Waals surface area contributed by atoms with Gasteiger partial charge in [0.25, 0.3) is 0 Å². The van der Waals surface area contributed by atoms with E-state index in [-0.39, 0.29) is 0 Å². The first-order valence-electron chi connectivity index (χ1n) is 5.45. The SMILES string of the molecule is O=C1N[C@@H](c2ccc(OC(F)(F)F)c(F)c2)C(F)(F)CO1. The van der Waals surface area contributed by atoms with Crippen molar-refractivity contribution in [1.82, 2.24) is 5.32 Å². The van der Waals surface area contributed by atoms with Crippen molar-refractivity contribution in [3.63, 3.8) is 0 Å². The highest BCUT2D eigenvalue weighted by molar-refractivity contribution is 5.69. The van der Waals surface area contributed by atoms with Gasteiger partial charge in [-0.05, 0) is 17.7 Å². The summed E-state index contributed by atoms with van der Waals surface area (Å²) in [6, 6.07) is -0.122. The molecule has 2 rings (SSSR count). The molecule has 10 heteroatoms. The predicted molar refractivity (Wildman–Crippen MR) is 55.3 cm³/mol. The number of hydrogen-bond donors (Lipinski definition) is 1. The smallest absolute Gasteiger partial charge is 0.443 e. The zero-order chi connectivity index (χ0) is 15.8. The Morgan fingerprint density at radius 3 is 2.57 bits per heavy atom. The molecule has 1 atom stereocenters. The van der Waals surface area contributed by atoms with Gasteiger partial charge in [0.2, 0.25) is 0 Å². The van der Waals surface area contributed by atoms with Crippen LogP contribution in [0.25, 0.3) is 0 Å². The molecule has 1 aliphatic heterocycles. The van der Waals surface area contributed by atoms with E-state index in [1.807, 2.05) is 0 Å². The summed E-state index contributed by atoms with van der Waals surface area (Å²) < 4.78 is 84.0. The predicted octanol–water partition coefficient (Wildman–Crippen LogP) is 3.14. The zero-order valence-electron chi connectivity index (χ0n) is 10.0. The summed E-state index contributed by atoms with van der Waals surface area (Å²) in [5, 5.41) is 1.78. The minimum Gasteiger partial charge on any atom is -0.443 e. The molecule has 1 fully saturated rings. The highest BCUT2D eigenvalue weighted by Gasteiger charge is 2.47. The van der Waals surface area contributed by atoms with Crippen molar-refractivity contribution >= 4 is 6.09 Å². The van der Waals surface area contributed by atoms with Crippen LogP contribution < -0.4 is 10.1 Å². The minimum atomic E-state index is -5.11. The van der Waals surface area contributed by atoms with E-state index in [0.717, 1.165) is 6.07 Å². The van der Waals surface area contributed by atoms with Crippen molar-refractivity contribution < 1.29 is 40.6 Å². The molecule has 0 unspecified atom stereocenters. The standard InChI is InChI=1S/C11H7F6NO3/c12-6-3-5(1-2-7(6)21-11(15,16)17)8-10(13,14)4-20-9(19)18-8/h1-3,8H,4H2,(H,18,19)/t8-/m0/s1. The van der Waals surface area contributed by atoms with Gasteiger partial charge in [-0.1, -0.05) is 6.07 Å². The average Bonchev–Trinajstić information content (AvgIpc) is 2.33. The Morgan fingerprint density at radius 1 is 1.33 bits per heavy atom. The van der Waals surface area contributed by atoms with Crippen LogP contribution in [0.1, 0.15) is 11.6 Å². The van der Waals surface area contributed by atoms with E-state index in [1.165, 1.54) is 0 Å². The average molecular weight is 315 g/mol. The topological polar surface area (TPSA) is 47.6 Å². The maximum Gasteiger partial charge on any atom is 0.573 e. The Labute approximate surface area is 113 Å². The molecule has 0 aliphatic carbocycles. The molecule has 1 amide bonds. The van der Waals surface area contributed by atoms with Gasteiger partial charge in [-0.25, -0.2) is 18.0 Å². The summed E-state index contributed by atoms with van der Waals surface area (Å²) >= 11 is 0. The molecule has 116 valence electrons. The molecular formula is C11H7F6NO3. The number of amides is 1. The van der Waals surface area contributed by atoms with E-state index in [9.17, 15) is 31.1 Å². The van der Waals surface area contributed by atoms with Crippen LogP contribution >= 0.6 is 0 Å². The molecule has 0 bridgehead atoms. The van der Waals surface area contributed by atoms with E-state index >= 15 is 0 Å². The Hall–Kier alpha value is -2.13. The van der Waals surface area contributed by atoms with Gasteiger partial charge in [-0.15, -0.1) is 13.2 Å². The fraction of sp³-hybridized carbons (Fsp3) is 0.364. The van der Waals surface area contributed by atoms with Crippen LogP contribution in [0.5, 0.6) is 5.75 Å². The number of alkyl carbamates (subject to hydrolysis) is 1. The fourth-order valence-electron chi connectivity index (χ4n) is 1.74. The molecule has 0 spiro atoms. The summed E-state index contributed by atoms with van der Waals surface area (Å²) in [5.41, 5.74) is -0.413. The van der Waals surface area contributed by atoms with Crippen molar-refractivity contribution in [3.8, 4) is 5.75 Å².